The van der Waals surface area contributed by atoms with Crippen LogP contribution in [0.2, 0.25) is 0 Å². The average molecular weight is 354 g/mol. The van der Waals surface area contributed by atoms with Gasteiger partial charge in [-0.15, -0.1) is 4.68 Å². The van der Waals surface area contributed by atoms with Gasteiger partial charge in [-0.05, 0) is 32.4 Å². The zero-order valence-electron chi connectivity index (χ0n) is 9.20. The number of nitro benzene ring substituents is 1. The molecule has 0 aliphatic rings. The minimum Gasteiger partial charge on any atom is -0.258 e. The van der Waals surface area contributed by atoms with Gasteiger partial charge in [-0.25, -0.2) is 9.18 Å². The Balaban J connectivity index is 2.67. The number of tetrazole rings is 1. The highest BCUT2D eigenvalue weighted by molar-refractivity contribution is 9.10. The molecule has 0 amide bonds. The smallest absolute Gasteiger partial charge is 0.258 e. The van der Waals surface area contributed by atoms with E-state index >= 15 is 0 Å². The predicted molar refractivity (Wildman–Crippen MR) is 61.2 cm³/mol. The average Bonchev–Trinajstić information content (AvgIpc) is 2.71. The molecule has 1 heterocycles. The molecule has 12 heteroatoms. The normalized spacial score (nSPS) is 11.1. The molecule has 0 aliphatic carbocycles. The SMILES string of the molecule is O=c1n(-c2cc([N+](=O)[O-])c(Br)cc2F)nnn1C(F)F. The molecule has 20 heavy (non-hydrogen) atoms. The minimum absolute atomic E-state index is 0.168. The number of nitrogens with zero attached hydrogens (tertiary/aromatic N) is 5. The van der Waals surface area contributed by atoms with E-state index in [-0.39, 0.29) is 13.8 Å². The van der Waals surface area contributed by atoms with Crippen LogP contribution in [0.4, 0.5) is 18.9 Å². The number of aromatic nitrogens is 4. The fourth-order valence-corrected chi connectivity index (χ4v) is 1.82. The number of benzene rings is 1. The molecule has 2 aromatic rings. The van der Waals surface area contributed by atoms with Crippen molar-refractivity contribution in [1.29, 1.82) is 0 Å². The van der Waals surface area contributed by atoms with Crippen LogP contribution in [0, 0.1) is 15.9 Å². The quantitative estimate of drug-likeness (QED) is 0.617. The van der Waals surface area contributed by atoms with Crippen LogP contribution in [0.5, 0.6) is 0 Å². The summed E-state index contributed by atoms with van der Waals surface area (Å²) in [5.74, 6) is -1.06. The molecule has 0 aliphatic heterocycles. The molecular formula is C8H3BrF3N5O3. The molecule has 0 bridgehead atoms. The summed E-state index contributed by atoms with van der Waals surface area (Å²) in [4.78, 5) is 21.4. The molecule has 0 N–H and O–H groups in total. The molecule has 106 valence electrons. The molecule has 0 unspecified atom stereocenters. The molecule has 0 radical (unpaired) electrons. The highest BCUT2D eigenvalue weighted by atomic mass is 79.9. The van der Waals surface area contributed by atoms with E-state index in [0.29, 0.717) is 6.07 Å². The van der Waals surface area contributed by atoms with Crippen molar-refractivity contribution in [1.82, 2.24) is 19.8 Å². The van der Waals surface area contributed by atoms with Crippen molar-refractivity contribution in [2.75, 3.05) is 0 Å². The van der Waals surface area contributed by atoms with Crippen LogP contribution in [0.15, 0.2) is 21.4 Å². The standard InChI is InChI=1S/C8H3BrF3N5O3/c9-3-1-4(10)6(2-5(3)17(19)20)15-8(18)16(7(11)12)14-13-15/h1-2,7H. The number of rotatable bonds is 3. The highest BCUT2D eigenvalue weighted by Gasteiger charge is 2.22. The lowest BCUT2D eigenvalue weighted by atomic mass is 10.2. The second-order valence-corrected chi connectivity index (χ2v) is 4.26. The summed E-state index contributed by atoms with van der Waals surface area (Å²) in [6.45, 7) is -3.26. The van der Waals surface area contributed by atoms with Crippen molar-refractivity contribution in [2.45, 2.75) is 6.55 Å². The van der Waals surface area contributed by atoms with Crippen LogP contribution in [0.1, 0.15) is 6.55 Å². The van der Waals surface area contributed by atoms with E-state index in [1.807, 2.05) is 0 Å². The van der Waals surface area contributed by atoms with E-state index in [9.17, 15) is 28.1 Å². The summed E-state index contributed by atoms with van der Waals surface area (Å²) in [7, 11) is 0. The summed E-state index contributed by atoms with van der Waals surface area (Å²) in [6.07, 6.45) is 0. The van der Waals surface area contributed by atoms with Gasteiger partial charge in [-0.1, -0.05) is 0 Å². The predicted octanol–water partition coefficient (Wildman–Crippen LogP) is 1.63. The van der Waals surface area contributed by atoms with Crippen LogP contribution in [-0.4, -0.2) is 24.7 Å². The number of hydrogen-bond acceptors (Lipinski definition) is 5. The Kier molecular flexibility index (Phi) is 3.57. The fourth-order valence-electron chi connectivity index (χ4n) is 1.36. The summed E-state index contributed by atoms with van der Waals surface area (Å²) >= 11 is 2.77. The van der Waals surface area contributed by atoms with Gasteiger partial charge in [-0.2, -0.15) is 13.5 Å². The van der Waals surface area contributed by atoms with Crippen molar-refractivity contribution >= 4 is 21.6 Å². The first kappa shape index (κ1) is 14.2. The van der Waals surface area contributed by atoms with Gasteiger partial charge in [0.05, 0.1) is 9.40 Å². The fraction of sp³-hybridized carbons (Fsp3) is 0.125. The minimum atomic E-state index is -3.26. The molecule has 1 aromatic carbocycles. The van der Waals surface area contributed by atoms with E-state index in [0.717, 1.165) is 6.07 Å². The Morgan fingerprint density at radius 3 is 2.50 bits per heavy atom. The molecular weight excluding hydrogens is 351 g/mol. The van der Waals surface area contributed by atoms with Crippen molar-refractivity contribution in [3.8, 4) is 5.69 Å². The summed E-state index contributed by atoms with van der Waals surface area (Å²) < 4.78 is 38.2. The number of nitro groups is 1. The van der Waals surface area contributed by atoms with E-state index in [1.165, 1.54) is 0 Å². The van der Waals surface area contributed by atoms with Crippen LogP contribution in [-0.2, 0) is 0 Å². The molecule has 0 spiro atoms. The van der Waals surface area contributed by atoms with E-state index < -0.39 is 34.4 Å². The Morgan fingerprint density at radius 2 is 2.00 bits per heavy atom. The van der Waals surface area contributed by atoms with E-state index in [2.05, 4.69) is 26.4 Å². The van der Waals surface area contributed by atoms with Gasteiger partial charge in [0, 0.05) is 6.07 Å². The number of hydrogen-bond donors (Lipinski definition) is 0. The third-order valence-corrected chi connectivity index (χ3v) is 2.86. The van der Waals surface area contributed by atoms with Crippen LogP contribution < -0.4 is 5.69 Å². The van der Waals surface area contributed by atoms with Gasteiger partial charge in [0.15, 0.2) is 5.82 Å². The maximum atomic E-state index is 13.7. The third-order valence-electron chi connectivity index (χ3n) is 2.23. The first-order chi connectivity index (χ1) is 9.32. The topological polar surface area (TPSA) is 95.8 Å². The maximum Gasteiger partial charge on any atom is 0.373 e. The van der Waals surface area contributed by atoms with Crippen LogP contribution in [0.25, 0.3) is 5.69 Å². The zero-order chi connectivity index (χ0) is 15.0. The number of alkyl halides is 2. The first-order valence-electron chi connectivity index (χ1n) is 4.79. The Labute approximate surface area is 115 Å². The lowest BCUT2D eigenvalue weighted by Crippen LogP contribution is -2.25. The monoisotopic (exact) mass is 353 g/mol. The lowest BCUT2D eigenvalue weighted by Gasteiger charge is -2.02. The van der Waals surface area contributed by atoms with Crippen molar-refractivity contribution in [2.24, 2.45) is 0 Å². The second kappa shape index (κ2) is 5.03. The molecule has 0 saturated heterocycles. The van der Waals surface area contributed by atoms with Gasteiger partial charge in [0.1, 0.15) is 5.69 Å². The molecule has 8 nitrogen and oxygen atoms in total. The second-order valence-electron chi connectivity index (χ2n) is 3.41. The van der Waals surface area contributed by atoms with Crippen LogP contribution >= 0.6 is 15.9 Å². The summed E-state index contributed by atoms with van der Waals surface area (Å²) in [5, 5.41) is 16.6. The van der Waals surface area contributed by atoms with Gasteiger partial charge >= 0.3 is 12.2 Å². The Hall–Kier alpha value is -2.24. The summed E-state index contributed by atoms with van der Waals surface area (Å²) in [6, 6.07) is 1.41. The maximum absolute atomic E-state index is 13.7. The molecule has 1 aromatic heterocycles. The first-order valence-corrected chi connectivity index (χ1v) is 5.58. The molecule has 2 rings (SSSR count). The molecule has 0 fully saturated rings. The van der Waals surface area contributed by atoms with Gasteiger partial charge in [-0.3, -0.25) is 10.1 Å². The van der Waals surface area contributed by atoms with Gasteiger partial charge in [0.2, 0.25) is 0 Å². The lowest BCUT2D eigenvalue weighted by molar-refractivity contribution is -0.385. The molecule has 0 saturated carbocycles. The third kappa shape index (κ3) is 2.29. The van der Waals surface area contributed by atoms with E-state index in [4.69, 9.17) is 0 Å². The van der Waals surface area contributed by atoms with Crippen molar-refractivity contribution in [3.05, 3.63) is 43.0 Å². The zero-order valence-corrected chi connectivity index (χ0v) is 10.8. The highest BCUT2D eigenvalue weighted by Crippen LogP contribution is 2.28. The Bertz CT molecular complexity index is 743. The number of halogens is 4. The van der Waals surface area contributed by atoms with E-state index in [1.54, 1.807) is 0 Å². The van der Waals surface area contributed by atoms with Gasteiger partial charge < -0.3 is 0 Å². The summed E-state index contributed by atoms with van der Waals surface area (Å²) in [5.41, 5.74) is -2.63. The largest absolute Gasteiger partial charge is 0.373 e. The van der Waals surface area contributed by atoms with Gasteiger partial charge in [0.25, 0.3) is 5.69 Å². The molecule has 0 atom stereocenters. The van der Waals surface area contributed by atoms with Crippen LogP contribution in [0.3, 0.4) is 0 Å². The van der Waals surface area contributed by atoms with Crippen molar-refractivity contribution in [3.63, 3.8) is 0 Å². The Morgan fingerprint density at radius 1 is 1.35 bits per heavy atom. The van der Waals surface area contributed by atoms with Crippen molar-refractivity contribution < 1.29 is 18.1 Å².